The van der Waals surface area contributed by atoms with Gasteiger partial charge in [-0.1, -0.05) is 0 Å². The zero-order valence-electron chi connectivity index (χ0n) is 9.02. The molecular weight excluding hydrogens is 246 g/mol. The summed E-state index contributed by atoms with van der Waals surface area (Å²) in [6.07, 6.45) is 3.06. The van der Waals surface area contributed by atoms with Crippen LogP contribution in [0.15, 0.2) is 6.20 Å². The fourth-order valence-corrected chi connectivity index (χ4v) is 1.81. The van der Waals surface area contributed by atoms with E-state index in [0.29, 0.717) is 6.61 Å². The number of carboxylic acid groups (broad SMARTS) is 1. The summed E-state index contributed by atoms with van der Waals surface area (Å²) < 4.78 is 5.30. The normalized spacial score (nSPS) is 19.9. The summed E-state index contributed by atoms with van der Waals surface area (Å²) in [7, 11) is 0. The van der Waals surface area contributed by atoms with Gasteiger partial charge in [-0.3, -0.25) is 0 Å². The van der Waals surface area contributed by atoms with Crippen molar-refractivity contribution < 1.29 is 14.6 Å². The molecule has 2 rings (SSSR count). The summed E-state index contributed by atoms with van der Waals surface area (Å²) in [5, 5.41) is 12.0. The minimum Gasteiger partial charge on any atom is -0.477 e. The number of ether oxygens (including phenoxy) is 1. The van der Waals surface area contributed by atoms with E-state index in [2.05, 4.69) is 15.3 Å². The van der Waals surface area contributed by atoms with E-state index in [0.717, 1.165) is 19.4 Å². The van der Waals surface area contributed by atoms with Crippen LogP contribution >= 0.6 is 11.6 Å². The van der Waals surface area contributed by atoms with Crippen LogP contribution in [-0.4, -0.2) is 40.3 Å². The number of nitrogens with one attached hydrogen (secondary N) is 1. The number of rotatable bonds is 3. The third-order valence-electron chi connectivity index (χ3n) is 2.49. The molecule has 0 aromatic carbocycles. The molecule has 7 heteroatoms. The van der Waals surface area contributed by atoms with Gasteiger partial charge in [0.1, 0.15) is 11.4 Å². The maximum atomic E-state index is 11.0. The van der Waals surface area contributed by atoms with Crippen molar-refractivity contribution in [3.63, 3.8) is 0 Å². The predicted molar refractivity (Wildman–Crippen MR) is 61.5 cm³/mol. The number of nitrogens with zero attached hydrogens (tertiary/aromatic N) is 2. The first kappa shape index (κ1) is 12.1. The van der Waals surface area contributed by atoms with Crippen LogP contribution in [-0.2, 0) is 4.74 Å². The van der Waals surface area contributed by atoms with Crippen molar-refractivity contribution in [2.75, 3.05) is 18.5 Å². The second kappa shape index (κ2) is 5.29. The van der Waals surface area contributed by atoms with E-state index in [1.54, 1.807) is 0 Å². The highest BCUT2D eigenvalue weighted by atomic mass is 35.5. The number of aromatic nitrogens is 2. The lowest BCUT2D eigenvalue weighted by atomic mass is 10.1. The summed E-state index contributed by atoms with van der Waals surface area (Å²) in [5.74, 6) is -0.839. The molecule has 0 bridgehead atoms. The third-order valence-corrected chi connectivity index (χ3v) is 2.67. The van der Waals surface area contributed by atoms with Gasteiger partial charge in [-0.2, -0.15) is 4.98 Å². The monoisotopic (exact) mass is 257 g/mol. The Labute approximate surface area is 103 Å². The van der Waals surface area contributed by atoms with Crippen molar-refractivity contribution in [1.82, 2.24) is 9.97 Å². The second-order valence-electron chi connectivity index (χ2n) is 3.76. The topological polar surface area (TPSA) is 84.3 Å². The van der Waals surface area contributed by atoms with E-state index in [1.165, 1.54) is 6.20 Å². The molecule has 1 fully saturated rings. The van der Waals surface area contributed by atoms with Crippen LogP contribution in [0.25, 0.3) is 0 Å². The third kappa shape index (κ3) is 3.04. The van der Waals surface area contributed by atoms with Crippen molar-refractivity contribution in [1.29, 1.82) is 0 Å². The minimum absolute atomic E-state index is 0.0139. The smallest absolute Gasteiger partial charge is 0.341 e. The summed E-state index contributed by atoms with van der Waals surface area (Å²) in [6.45, 7) is 1.29. The lowest BCUT2D eigenvalue weighted by molar-refractivity contribution is 0.0695. The van der Waals surface area contributed by atoms with E-state index in [1.807, 2.05) is 0 Å². The first-order chi connectivity index (χ1) is 8.16. The first-order valence-corrected chi connectivity index (χ1v) is 5.64. The molecule has 92 valence electrons. The maximum Gasteiger partial charge on any atom is 0.341 e. The van der Waals surface area contributed by atoms with Gasteiger partial charge in [0.25, 0.3) is 0 Å². The van der Waals surface area contributed by atoms with Crippen LogP contribution in [0.4, 0.5) is 5.82 Å². The van der Waals surface area contributed by atoms with Crippen molar-refractivity contribution >= 4 is 23.4 Å². The lowest BCUT2D eigenvalue weighted by Gasteiger charge is -2.24. The maximum absolute atomic E-state index is 11.0. The largest absolute Gasteiger partial charge is 0.477 e. The van der Waals surface area contributed by atoms with E-state index >= 15 is 0 Å². The molecule has 1 aromatic heterocycles. The number of hydrogen-bond acceptors (Lipinski definition) is 5. The highest BCUT2D eigenvalue weighted by Crippen LogP contribution is 2.18. The van der Waals surface area contributed by atoms with Crippen LogP contribution in [0.2, 0.25) is 5.28 Å². The molecular formula is C10H12ClN3O3. The Morgan fingerprint density at radius 2 is 2.47 bits per heavy atom. The summed E-state index contributed by atoms with van der Waals surface area (Å²) in [5.41, 5.74) is 0.0139. The quantitative estimate of drug-likeness (QED) is 0.797. The number of hydrogen-bond donors (Lipinski definition) is 2. The van der Waals surface area contributed by atoms with E-state index in [4.69, 9.17) is 21.4 Å². The molecule has 1 saturated heterocycles. The lowest BCUT2D eigenvalue weighted by Crippen LogP contribution is -2.31. The van der Waals surface area contributed by atoms with E-state index in [-0.39, 0.29) is 22.7 Å². The Kier molecular flexibility index (Phi) is 3.75. The molecule has 6 nitrogen and oxygen atoms in total. The standard InChI is InChI=1S/C10H12ClN3O3/c11-10-12-4-7(9(15)16)8(14-10)13-6-2-1-3-17-5-6/h4,6H,1-3,5H2,(H,15,16)(H,12,13,14)/t6-/m0/s1. The highest BCUT2D eigenvalue weighted by molar-refractivity contribution is 6.28. The van der Waals surface area contributed by atoms with Crippen LogP contribution in [0.1, 0.15) is 23.2 Å². The van der Waals surface area contributed by atoms with Crippen molar-refractivity contribution in [2.45, 2.75) is 18.9 Å². The van der Waals surface area contributed by atoms with Crippen LogP contribution in [0.5, 0.6) is 0 Å². The molecule has 2 heterocycles. The molecule has 0 radical (unpaired) electrons. The van der Waals surface area contributed by atoms with Gasteiger partial charge in [0, 0.05) is 12.8 Å². The van der Waals surface area contributed by atoms with Gasteiger partial charge in [0.2, 0.25) is 5.28 Å². The zero-order valence-corrected chi connectivity index (χ0v) is 9.78. The number of anilines is 1. The van der Waals surface area contributed by atoms with Crippen LogP contribution < -0.4 is 5.32 Å². The van der Waals surface area contributed by atoms with Crippen LogP contribution in [0.3, 0.4) is 0 Å². The summed E-state index contributed by atoms with van der Waals surface area (Å²) in [6, 6.07) is 0.0628. The predicted octanol–water partition coefficient (Wildman–Crippen LogP) is 1.42. The molecule has 0 aliphatic carbocycles. The average molecular weight is 258 g/mol. The van der Waals surface area contributed by atoms with Gasteiger partial charge in [-0.15, -0.1) is 0 Å². The fraction of sp³-hybridized carbons (Fsp3) is 0.500. The van der Waals surface area contributed by atoms with Crippen molar-refractivity contribution in [3.05, 3.63) is 17.0 Å². The highest BCUT2D eigenvalue weighted by Gasteiger charge is 2.19. The van der Waals surface area contributed by atoms with Gasteiger partial charge in [-0.05, 0) is 24.4 Å². The Balaban J connectivity index is 2.17. The molecule has 0 spiro atoms. The molecule has 17 heavy (non-hydrogen) atoms. The molecule has 1 aliphatic rings. The van der Waals surface area contributed by atoms with Gasteiger partial charge in [-0.25, -0.2) is 9.78 Å². The number of aromatic carboxylic acids is 1. The van der Waals surface area contributed by atoms with Gasteiger partial charge in [0.05, 0.1) is 12.6 Å². The van der Waals surface area contributed by atoms with Gasteiger partial charge >= 0.3 is 5.97 Å². The SMILES string of the molecule is O=C(O)c1cnc(Cl)nc1N[C@H]1CCCOC1. The second-order valence-corrected chi connectivity index (χ2v) is 4.10. The number of carbonyl (C=O) groups is 1. The number of halogens is 1. The number of carboxylic acids is 1. The molecule has 1 aromatic rings. The summed E-state index contributed by atoms with van der Waals surface area (Å²) >= 11 is 5.65. The molecule has 1 aliphatic heterocycles. The van der Waals surface area contributed by atoms with Crippen LogP contribution in [0, 0.1) is 0 Å². The Hall–Kier alpha value is -1.40. The molecule has 0 saturated carbocycles. The summed E-state index contributed by atoms with van der Waals surface area (Å²) in [4.78, 5) is 18.5. The van der Waals surface area contributed by atoms with Gasteiger partial charge in [0.15, 0.2) is 0 Å². The Bertz CT molecular complexity index is 421. The molecule has 1 atom stereocenters. The average Bonchev–Trinajstić information content (AvgIpc) is 2.30. The molecule has 0 unspecified atom stereocenters. The zero-order chi connectivity index (χ0) is 12.3. The van der Waals surface area contributed by atoms with Gasteiger partial charge < -0.3 is 15.2 Å². The van der Waals surface area contributed by atoms with E-state index < -0.39 is 5.97 Å². The Morgan fingerprint density at radius 1 is 1.65 bits per heavy atom. The molecule has 2 N–H and O–H groups in total. The Morgan fingerprint density at radius 3 is 3.12 bits per heavy atom. The fourth-order valence-electron chi connectivity index (χ4n) is 1.67. The molecule has 0 amide bonds. The minimum atomic E-state index is -1.08. The first-order valence-electron chi connectivity index (χ1n) is 5.27. The van der Waals surface area contributed by atoms with Crippen molar-refractivity contribution in [2.24, 2.45) is 0 Å². The van der Waals surface area contributed by atoms with Crippen molar-refractivity contribution in [3.8, 4) is 0 Å². The van der Waals surface area contributed by atoms with E-state index in [9.17, 15) is 4.79 Å².